The van der Waals surface area contributed by atoms with Crippen LogP contribution >= 0.6 is 0 Å². The van der Waals surface area contributed by atoms with E-state index >= 15 is 0 Å². The number of hydrogen-bond acceptors (Lipinski definition) is 3. The smallest absolute Gasteiger partial charge is 0.0638 e. The molecule has 3 nitrogen and oxygen atoms in total. The summed E-state index contributed by atoms with van der Waals surface area (Å²) >= 11 is 0. The number of rotatable bonds is 4. The number of ether oxygens (including phenoxy) is 1. The maximum absolute atomic E-state index is 8.61. The summed E-state index contributed by atoms with van der Waals surface area (Å²) in [5.41, 5.74) is 5.28. The Kier molecular flexibility index (Phi) is 3.86. The van der Waals surface area contributed by atoms with Gasteiger partial charge < -0.3 is 15.6 Å². The van der Waals surface area contributed by atoms with Crippen LogP contribution in [0.25, 0.3) is 0 Å². The van der Waals surface area contributed by atoms with Crippen molar-refractivity contribution in [2.75, 3.05) is 13.7 Å². The minimum atomic E-state index is -0.220. The summed E-state index contributed by atoms with van der Waals surface area (Å²) in [6, 6.07) is -0.171. The molecule has 0 aromatic heterocycles. The van der Waals surface area contributed by atoms with Gasteiger partial charge in [-0.05, 0) is 20.3 Å². The first-order valence-electron chi connectivity index (χ1n) is 3.43. The van der Waals surface area contributed by atoms with E-state index in [-0.39, 0.29) is 18.2 Å². The molecular weight excluding hydrogens is 130 g/mol. The second-order valence-corrected chi connectivity index (χ2v) is 3.11. The van der Waals surface area contributed by atoms with Crippen LogP contribution in [0.5, 0.6) is 0 Å². The van der Waals surface area contributed by atoms with Crippen molar-refractivity contribution in [3.8, 4) is 0 Å². The fourth-order valence-electron chi connectivity index (χ4n) is 0.779. The molecule has 0 saturated carbocycles. The lowest BCUT2D eigenvalue weighted by molar-refractivity contribution is 0.00563. The monoisotopic (exact) mass is 147 g/mol. The lowest BCUT2D eigenvalue weighted by atomic mass is 10.00. The van der Waals surface area contributed by atoms with Gasteiger partial charge in [0.05, 0.1) is 12.2 Å². The Balaban J connectivity index is 3.64. The van der Waals surface area contributed by atoms with Gasteiger partial charge in [-0.1, -0.05) is 0 Å². The Hall–Kier alpha value is -0.120. The fourth-order valence-corrected chi connectivity index (χ4v) is 0.779. The van der Waals surface area contributed by atoms with Crippen LogP contribution in [-0.4, -0.2) is 30.5 Å². The predicted molar refractivity (Wildman–Crippen MR) is 40.8 cm³/mol. The van der Waals surface area contributed by atoms with Crippen molar-refractivity contribution in [2.45, 2.75) is 31.9 Å². The molecule has 0 aromatic rings. The van der Waals surface area contributed by atoms with Gasteiger partial charge in [0.2, 0.25) is 0 Å². The quantitative estimate of drug-likeness (QED) is 0.594. The largest absolute Gasteiger partial charge is 0.395 e. The number of aliphatic hydroxyl groups excluding tert-OH is 1. The van der Waals surface area contributed by atoms with Crippen LogP contribution in [0.3, 0.4) is 0 Å². The molecule has 1 unspecified atom stereocenters. The molecule has 62 valence electrons. The van der Waals surface area contributed by atoms with E-state index < -0.39 is 0 Å². The molecule has 0 heterocycles. The predicted octanol–water partition coefficient (Wildman–Crippen LogP) is 0.121. The van der Waals surface area contributed by atoms with Crippen LogP contribution in [0.1, 0.15) is 20.3 Å². The Morgan fingerprint density at radius 3 is 2.40 bits per heavy atom. The fraction of sp³-hybridized carbons (Fsp3) is 1.00. The third-order valence-electron chi connectivity index (χ3n) is 1.54. The van der Waals surface area contributed by atoms with Gasteiger partial charge in [0.15, 0.2) is 0 Å². The van der Waals surface area contributed by atoms with E-state index in [1.165, 1.54) is 0 Å². The molecule has 0 saturated heterocycles. The molecule has 0 fully saturated rings. The molecule has 0 aromatic carbocycles. The Morgan fingerprint density at radius 2 is 2.10 bits per heavy atom. The van der Waals surface area contributed by atoms with Gasteiger partial charge in [0.1, 0.15) is 0 Å². The van der Waals surface area contributed by atoms with Gasteiger partial charge >= 0.3 is 0 Å². The Labute approximate surface area is 62.2 Å². The summed E-state index contributed by atoms with van der Waals surface area (Å²) in [7, 11) is 1.64. The van der Waals surface area contributed by atoms with Crippen molar-refractivity contribution in [1.29, 1.82) is 0 Å². The van der Waals surface area contributed by atoms with Gasteiger partial charge in [-0.3, -0.25) is 0 Å². The van der Waals surface area contributed by atoms with Crippen molar-refractivity contribution in [3.63, 3.8) is 0 Å². The first-order valence-corrected chi connectivity index (χ1v) is 3.43. The molecule has 10 heavy (non-hydrogen) atoms. The van der Waals surface area contributed by atoms with Crippen molar-refractivity contribution in [2.24, 2.45) is 5.73 Å². The van der Waals surface area contributed by atoms with E-state index in [1.54, 1.807) is 7.11 Å². The minimum Gasteiger partial charge on any atom is -0.395 e. The molecule has 0 aliphatic carbocycles. The van der Waals surface area contributed by atoms with Crippen molar-refractivity contribution >= 4 is 0 Å². The SMILES string of the molecule is COC(C)(C)CC(N)CO. The highest BCUT2D eigenvalue weighted by Gasteiger charge is 2.19. The van der Waals surface area contributed by atoms with E-state index in [0.29, 0.717) is 6.42 Å². The standard InChI is InChI=1S/C7H17NO2/c1-7(2,10-3)4-6(8)5-9/h6,9H,4-5,8H2,1-3H3. The van der Waals surface area contributed by atoms with Crippen LogP contribution in [0.15, 0.2) is 0 Å². The molecular formula is C7H17NO2. The van der Waals surface area contributed by atoms with Crippen LogP contribution in [0.2, 0.25) is 0 Å². The number of nitrogens with two attached hydrogens (primary N) is 1. The highest BCUT2D eigenvalue weighted by Crippen LogP contribution is 2.13. The lowest BCUT2D eigenvalue weighted by Gasteiger charge is -2.25. The highest BCUT2D eigenvalue weighted by molar-refractivity contribution is 4.74. The molecule has 3 N–H and O–H groups in total. The average Bonchev–Trinajstić information content (AvgIpc) is 1.87. The van der Waals surface area contributed by atoms with Crippen LogP contribution in [-0.2, 0) is 4.74 Å². The summed E-state index contributed by atoms with van der Waals surface area (Å²) in [4.78, 5) is 0. The second kappa shape index (κ2) is 3.91. The molecule has 1 atom stereocenters. The zero-order valence-corrected chi connectivity index (χ0v) is 6.92. The van der Waals surface area contributed by atoms with E-state index in [9.17, 15) is 0 Å². The van der Waals surface area contributed by atoms with E-state index in [4.69, 9.17) is 15.6 Å². The first kappa shape index (κ1) is 9.88. The molecule has 3 heteroatoms. The van der Waals surface area contributed by atoms with Gasteiger partial charge in [-0.15, -0.1) is 0 Å². The van der Waals surface area contributed by atoms with Crippen molar-refractivity contribution in [3.05, 3.63) is 0 Å². The van der Waals surface area contributed by atoms with E-state index in [1.807, 2.05) is 13.8 Å². The van der Waals surface area contributed by atoms with Crippen molar-refractivity contribution < 1.29 is 9.84 Å². The molecule has 0 spiro atoms. The summed E-state index contributed by atoms with van der Waals surface area (Å²) in [5, 5.41) is 8.61. The molecule has 0 rings (SSSR count). The molecule has 0 aliphatic heterocycles. The van der Waals surface area contributed by atoms with Gasteiger partial charge in [0.25, 0.3) is 0 Å². The average molecular weight is 147 g/mol. The van der Waals surface area contributed by atoms with Crippen molar-refractivity contribution in [1.82, 2.24) is 0 Å². The zero-order chi connectivity index (χ0) is 8.20. The second-order valence-electron chi connectivity index (χ2n) is 3.11. The molecule has 0 aliphatic rings. The van der Waals surface area contributed by atoms with Gasteiger partial charge in [-0.2, -0.15) is 0 Å². The van der Waals surface area contributed by atoms with Gasteiger partial charge in [0, 0.05) is 13.2 Å². The molecule has 0 amide bonds. The third kappa shape index (κ3) is 3.82. The minimum absolute atomic E-state index is 0.0206. The summed E-state index contributed by atoms with van der Waals surface area (Å²) in [5.74, 6) is 0. The first-order chi connectivity index (χ1) is 4.52. The Morgan fingerprint density at radius 1 is 1.60 bits per heavy atom. The maximum atomic E-state index is 8.61. The Bertz CT molecular complexity index is 93.6. The van der Waals surface area contributed by atoms with Crippen LogP contribution in [0, 0.1) is 0 Å². The number of hydrogen-bond donors (Lipinski definition) is 2. The van der Waals surface area contributed by atoms with Gasteiger partial charge in [-0.25, -0.2) is 0 Å². The van der Waals surface area contributed by atoms with E-state index in [0.717, 1.165) is 0 Å². The molecule has 0 bridgehead atoms. The van der Waals surface area contributed by atoms with Crippen LogP contribution < -0.4 is 5.73 Å². The lowest BCUT2D eigenvalue weighted by Crippen LogP contribution is -2.35. The summed E-state index contributed by atoms with van der Waals surface area (Å²) in [6.45, 7) is 3.91. The maximum Gasteiger partial charge on any atom is 0.0638 e. The summed E-state index contributed by atoms with van der Waals surface area (Å²) < 4.78 is 5.12. The third-order valence-corrected chi connectivity index (χ3v) is 1.54. The topological polar surface area (TPSA) is 55.5 Å². The highest BCUT2D eigenvalue weighted by atomic mass is 16.5. The summed E-state index contributed by atoms with van der Waals surface area (Å²) in [6.07, 6.45) is 0.681. The normalized spacial score (nSPS) is 15.3. The zero-order valence-electron chi connectivity index (χ0n) is 6.92. The van der Waals surface area contributed by atoms with Crippen LogP contribution in [0.4, 0.5) is 0 Å². The number of aliphatic hydroxyl groups is 1. The van der Waals surface area contributed by atoms with E-state index in [2.05, 4.69) is 0 Å². The number of methoxy groups -OCH3 is 1. The molecule has 0 radical (unpaired) electrons.